The SMILES string of the molecule is COc1cccc(NC(=O)[C@H](C)n2cnc3onc(-c4ccc(Cl)cc4)c3c2=O)c1. The Balaban J connectivity index is 1.69. The molecule has 152 valence electrons. The Morgan fingerprint density at radius 1 is 1.23 bits per heavy atom. The Morgan fingerprint density at radius 2 is 2.00 bits per heavy atom. The first-order valence-corrected chi connectivity index (χ1v) is 9.43. The maximum Gasteiger partial charge on any atom is 0.267 e. The van der Waals surface area contributed by atoms with Crippen LogP contribution in [-0.4, -0.2) is 27.7 Å². The minimum Gasteiger partial charge on any atom is -0.497 e. The standard InChI is InChI=1S/C21H17ClN4O4/c1-12(19(27)24-15-4-3-5-16(10-15)29-2)26-11-23-20-17(21(26)28)18(25-30-20)13-6-8-14(22)9-7-13/h3-12H,1-2H3,(H,24,27)/t12-/m0/s1. The number of methoxy groups -OCH3 is 1. The van der Waals surface area contributed by atoms with Crippen molar-refractivity contribution in [3.05, 3.63) is 70.2 Å². The van der Waals surface area contributed by atoms with Crippen molar-refractivity contribution in [2.75, 3.05) is 12.4 Å². The molecule has 1 N–H and O–H groups in total. The highest BCUT2D eigenvalue weighted by atomic mass is 35.5. The highest BCUT2D eigenvalue weighted by molar-refractivity contribution is 6.30. The van der Waals surface area contributed by atoms with Crippen molar-refractivity contribution in [2.24, 2.45) is 0 Å². The molecule has 8 nitrogen and oxygen atoms in total. The summed E-state index contributed by atoms with van der Waals surface area (Å²) in [6.45, 7) is 1.61. The molecule has 2 aromatic carbocycles. The van der Waals surface area contributed by atoms with Crippen LogP contribution >= 0.6 is 11.6 Å². The van der Waals surface area contributed by atoms with Crippen LogP contribution in [0, 0.1) is 0 Å². The van der Waals surface area contributed by atoms with Gasteiger partial charge in [0.25, 0.3) is 11.3 Å². The lowest BCUT2D eigenvalue weighted by atomic mass is 10.1. The number of halogens is 1. The molecule has 2 aromatic heterocycles. The summed E-state index contributed by atoms with van der Waals surface area (Å²) in [7, 11) is 1.54. The number of fused-ring (bicyclic) bond motifs is 1. The first-order valence-electron chi connectivity index (χ1n) is 9.05. The van der Waals surface area contributed by atoms with E-state index in [9.17, 15) is 9.59 Å². The fourth-order valence-electron chi connectivity index (χ4n) is 3.01. The van der Waals surface area contributed by atoms with Crippen LogP contribution < -0.4 is 15.6 Å². The Morgan fingerprint density at radius 3 is 2.73 bits per heavy atom. The van der Waals surface area contributed by atoms with E-state index in [1.54, 1.807) is 62.6 Å². The molecule has 0 aliphatic carbocycles. The fraction of sp³-hybridized carbons (Fsp3) is 0.143. The Hall–Kier alpha value is -3.65. The topological polar surface area (TPSA) is 99.2 Å². The van der Waals surface area contributed by atoms with Crippen LogP contribution in [0.1, 0.15) is 13.0 Å². The lowest BCUT2D eigenvalue weighted by Crippen LogP contribution is -2.31. The molecule has 0 spiro atoms. The summed E-state index contributed by atoms with van der Waals surface area (Å²) in [4.78, 5) is 30.0. The number of ether oxygens (including phenoxy) is 1. The van der Waals surface area contributed by atoms with E-state index in [1.165, 1.54) is 10.9 Å². The van der Waals surface area contributed by atoms with E-state index in [4.69, 9.17) is 20.9 Å². The van der Waals surface area contributed by atoms with Crippen LogP contribution in [-0.2, 0) is 4.79 Å². The van der Waals surface area contributed by atoms with Gasteiger partial charge in [0.15, 0.2) is 0 Å². The predicted octanol–water partition coefficient (Wildman–Crippen LogP) is 3.91. The summed E-state index contributed by atoms with van der Waals surface area (Å²) in [5.41, 5.74) is 1.22. The first kappa shape index (κ1) is 19.7. The summed E-state index contributed by atoms with van der Waals surface area (Å²) < 4.78 is 11.6. The molecule has 2 heterocycles. The van der Waals surface area contributed by atoms with Crippen molar-refractivity contribution in [3.8, 4) is 17.0 Å². The molecule has 0 bridgehead atoms. The minimum atomic E-state index is -0.825. The quantitative estimate of drug-likeness (QED) is 0.521. The normalized spacial score (nSPS) is 12.0. The Kier molecular flexibility index (Phi) is 5.24. The number of carbonyl (C=O) groups is 1. The Bertz CT molecular complexity index is 1280. The third-order valence-electron chi connectivity index (χ3n) is 4.67. The molecule has 0 aliphatic rings. The van der Waals surface area contributed by atoms with Crippen molar-refractivity contribution in [2.45, 2.75) is 13.0 Å². The lowest BCUT2D eigenvalue weighted by molar-refractivity contribution is -0.118. The van der Waals surface area contributed by atoms with Crippen LogP contribution in [0.5, 0.6) is 5.75 Å². The summed E-state index contributed by atoms with van der Waals surface area (Å²) >= 11 is 5.94. The zero-order valence-corrected chi connectivity index (χ0v) is 16.9. The van der Waals surface area contributed by atoms with Gasteiger partial charge in [-0.05, 0) is 31.2 Å². The van der Waals surface area contributed by atoms with Gasteiger partial charge in [-0.15, -0.1) is 0 Å². The third-order valence-corrected chi connectivity index (χ3v) is 4.93. The first-order chi connectivity index (χ1) is 14.5. The van der Waals surface area contributed by atoms with Gasteiger partial charge in [-0.1, -0.05) is 35.0 Å². The van der Waals surface area contributed by atoms with Gasteiger partial charge in [-0.25, -0.2) is 4.98 Å². The van der Waals surface area contributed by atoms with E-state index in [0.29, 0.717) is 27.7 Å². The van der Waals surface area contributed by atoms with E-state index in [0.717, 1.165) is 0 Å². The smallest absolute Gasteiger partial charge is 0.267 e. The van der Waals surface area contributed by atoms with Gasteiger partial charge in [-0.3, -0.25) is 14.2 Å². The average Bonchev–Trinajstić information content (AvgIpc) is 3.19. The van der Waals surface area contributed by atoms with E-state index < -0.39 is 11.6 Å². The zero-order valence-electron chi connectivity index (χ0n) is 16.1. The average molecular weight is 425 g/mol. The molecule has 9 heteroatoms. The second kappa shape index (κ2) is 8.00. The number of nitrogens with one attached hydrogen (secondary N) is 1. The van der Waals surface area contributed by atoms with Gasteiger partial charge in [0.1, 0.15) is 29.2 Å². The number of carbonyl (C=O) groups excluding carboxylic acids is 1. The monoisotopic (exact) mass is 424 g/mol. The lowest BCUT2D eigenvalue weighted by Gasteiger charge is -2.15. The number of amides is 1. The van der Waals surface area contributed by atoms with Crippen molar-refractivity contribution < 1.29 is 14.1 Å². The summed E-state index contributed by atoms with van der Waals surface area (Å²) in [5, 5.41) is 7.51. The van der Waals surface area contributed by atoms with Crippen LogP contribution in [0.3, 0.4) is 0 Å². The van der Waals surface area contributed by atoms with Crippen molar-refractivity contribution in [1.82, 2.24) is 14.7 Å². The van der Waals surface area contributed by atoms with E-state index >= 15 is 0 Å². The number of rotatable bonds is 5. The van der Waals surface area contributed by atoms with Crippen LogP contribution in [0.4, 0.5) is 5.69 Å². The highest BCUT2D eigenvalue weighted by Crippen LogP contribution is 2.26. The van der Waals surface area contributed by atoms with Crippen molar-refractivity contribution >= 4 is 34.3 Å². The molecular formula is C21H17ClN4O4. The summed E-state index contributed by atoms with van der Waals surface area (Å²) in [6, 6.07) is 13.0. The van der Waals surface area contributed by atoms with E-state index in [2.05, 4.69) is 15.5 Å². The Labute approximate surface area is 176 Å². The van der Waals surface area contributed by atoms with Gasteiger partial charge < -0.3 is 14.6 Å². The molecule has 0 aliphatic heterocycles. The maximum absolute atomic E-state index is 13.1. The van der Waals surface area contributed by atoms with Gasteiger partial charge in [0.05, 0.1) is 7.11 Å². The second-order valence-electron chi connectivity index (χ2n) is 6.57. The van der Waals surface area contributed by atoms with Crippen LogP contribution in [0.15, 0.2) is 64.2 Å². The number of benzene rings is 2. The number of hydrogen-bond donors (Lipinski definition) is 1. The number of nitrogens with zero attached hydrogens (tertiary/aromatic N) is 3. The predicted molar refractivity (Wildman–Crippen MR) is 113 cm³/mol. The number of hydrogen-bond acceptors (Lipinski definition) is 6. The molecule has 0 saturated heterocycles. The van der Waals surface area contributed by atoms with E-state index in [1.807, 2.05) is 0 Å². The van der Waals surface area contributed by atoms with Gasteiger partial charge in [-0.2, -0.15) is 0 Å². The zero-order chi connectivity index (χ0) is 21.3. The molecule has 4 aromatic rings. The third kappa shape index (κ3) is 3.65. The number of aromatic nitrogens is 3. The minimum absolute atomic E-state index is 0.0987. The van der Waals surface area contributed by atoms with Crippen LogP contribution in [0.25, 0.3) is 22.4 Å². The summed E-state index contributed by atoms with van der Waals surface area (Å²) in [5.74, 6) is 0.230. The molecule has 0 unspecified atom stereocenters. The van der Waals surface area contributed by atoms with Crippen LogP contribution in [0.2, 0.25) is 5.02 Å². The van der Waals surface area contributed by atoms with Gasteiger partial charge in [0.2, 0.25) is 5.91 Å². The molecule has 1 amide bonds. The molecular weight excluding hydrogens is 408 g/mol. The largest absolute Gasteiger partial charge is 0.497 e. The van der Waals surface area contributed by atoms with E-state index in [-0.39, 0.29) is 17.0 Å². The van der Waals surface area contributed by atoms with Crippen molar-refractivity contribution in [1.29, 1.82) is 0 Å². The molecule has 0 saturated carbocycles. The molecule has 30 heavy (non-hydrogen) atoms. The highest BCUT2D eigenvalue weighted by Gasteiger charge is 2.22. The maximum atomic E-state index is 13.1. The summed E-state index contributed by atoms with van der Waals surface area (Å²) in [6.07, 6.45) is 1.28. The number of anilines is 1. The fourth-order valence-corrected chi connectivity index (χ4v) is 3.14. The molecule has 4 rings (SSSR count). The molecule has 1 atom stereocenters. The molecule has 0 radical (unpaired) electrons. The van der Waals surface area contributed by atoms with Gasteiger partial charge in [0, 0.05) is 22.3 Å². The van der Waals surface area contributed by atoms with Gasteiger partial charge >= 0.3 is 0 Å². The molecule has 0 fully saturated rings. The van der Waals surface area contributed by atoms with Crippen molar-refractivity contribution in [3.63, 3.8) is 0 Å². The second-order valence-corrected chi connectivity index (χ2v) is 7.01.